The summed E-state index contributed by atoms with van der Waals surface area (Å²) in [6.07, 6.45) is -6.71. The zero-order valence-corrected chi connectivity index (χ0v) is 82.6. The first kappa shape index (κ1) is 115. The largest absolute Gasteiger partial charge is 0.508 e. The normalized spacial score (nSPS) is 18.9. The highest BCUT2D eigenvalue weighted by molar-refractivity contribution is 6.31. The third kappa shape index (κ3) is 31.8. The first-order valence-corrected chi connectivity index (χ1v) is 47.7. The summed E-state index contributed by atoms with van der Waals surface area (Å²) in [5, 5.41) is 143. The standard InChI is InChI=1S/C98H134N22O26/c1-46(2)33-63(109-72(125)44-144-120-51(9)98(142)40-59-75(71(41-98)146-73-39-60(99)80(126)50(8)145-73)84(130)77-76(82(59)128)81(127)58-19-14-22-70(143-10)74(58)83(77)129)88(134)111-61(20-15-31-106-96(101)102)86(132)110-62(21-16-32-107-97(103)104)87(133)113-67(37-54-25-29-57(124)30-26-54)93(139)118-78(48(5)6)95(141)116-68(38-55-42-105-45-108-55)92(138)112-64(34-47(3)4)89(135)114-65(35-52-17-12-11-13-18-52)90(136)115-66(36-53-23-27-56(123)28-24-53)91(137)117-69(43-121)94(140)119-79(49(7)122)85(100)131/h11-14,17-19,22-30,42,45-50,60-69,71,73,78-80,121-124,126,128,130,142H,15-16,20-21,31-41,43-44,99H2,1-10H3,(H2,100,131)(H,105,108)(H,109,125)(H,110,132)(H,111,134)(H,112,138)(H,113,133)(H,114,135)(H,115,136)(H,116,141)(H,117,137)(H,118,139)(H,119,140)(H4,101,102,106)(H4,103,104,107)/b120-51+/t49-,50+,60+,61+,62+,63+,64+,65+,66+,67+,68+,69+,71+,73+,78+,79+,80-,98+/m1/s1. The molecule has 0 spiro atoms. The number of nitrogens with two attached hydrogens (primary N) is 4. The van der Waals surface area contributed by atoms with Crippen molar-refractivity contribution in [3.05, 3.63) is 165 Å². The number of hydrogen-bond donors (Lipinski definition) is 28. The summed E-state index contributed by atoms with van der Waals surface area (Å²) in [7, 11) is 1.28. The summed E-state index contributed by atoms with van der Waals surface area (Å²) < 4.78 is 17.8. The Kier molecular flexibility index (Phi) is 41.6. The van der Waals surface area contributed by atoms with Crippen LogP contribution in [0.3, 0.4) is 0 Å². The highest BCUT2D eigenvalue weighted by atomic mass is 16.7. The molecule has 6 aromatic rings. The number of ether oxygens (including phenoxy) is 3. The van der Waals surface area contributed by atoms with E-state index in [1.807, 2.05) is 0 Å². The van der Waals surface area contributed by atoms with E-state index in [1.165, 1.54) is 100 Å². The number of aliphatic hydroxyl groups is 4. The topological polar surface area (TPSA) is 787 Å². The van der Waals surface area contributed by atoms with E-state index in [0.717, 1.165) is 6.92 Å². The van der Waals surface area contributed by atoms with Crippen molar-refractivity contribution >= 4 is 100 Å². The molecule has 1 saturated heterocycles. The third-order valence-electron chi connectivity index (χ3n) is 24.8. The van der Waals surface area contributed by atoms with Crippen molar-refractivity contribution in [2.75, 3.05) is 33.4 Å². The van der Waals surface area contributed by atoms with Crippen molar-refractivity contribution in [1.29, 1.82) is 10.8 Å². The number of H-pyrrole nitrogens is 1. The Morgan fingerprint density at radius 2 is 1.01 bits per heavy atom. The predicted molar refractivity (Wildman–Crippen MR) is 526 cm³/mol. The smallest absolute Gasteiger partial charge is 0.261 e. The number of aliphatic hydroxyl groups excluding tert-OH is 3. The second-order valence-electron chi connectivity index (χ2n) is 37.6. The van der Waals surface area contributed by atoms with Gasteiger partial charge >= 0.3 is 0 Å². The van der Waals surface area contributed by atoms with E-state index in [4.69, 9.17) is 52.8 Å². The molecule has 0 bridgehead atoms. The Balaban J connectivity index is 0.931. The fourth-order valence-corrected chi connectivity index (χ4v) is 17.0. The van der Waals surface area contributed by atoms with Crippen LogP contribution < -0.4 is 96.8 Å². The molecule has 1 aliphatic heterocycles. The molecule has 18 atom stereocenters. The molecule has 146 heavy (non-hydrogen) atoms. The van der Waals surface area contributed by atoms with Crippen molar-refractivity contribution in [3.63, 3.8) is 0 Å². The lowest BCUT2D eigenvalue weighted by Crippen LogP contribution is -2.62. The number of rotatable bonds is 52. The van der Waals surface area contributed by atoms with Gasteiger partial charge in [-0.15, -0.1) is 0 Å². The van der Waals surface area contributed by atoms with Gasteiger partial charge in [0.2, 0.25) is 70.8 Å². The molecular formula is C98H134N22O26. The monoisotopic (exact) mass is 2030 g/mol. The van der Waals surface area contributed by atoms with Crippen LogP contribution in [0.2, 0.25) is 0 Å². The van der Waals surface area contributed by atoms with Crippen LogP contribution in [0.5, 0.6) is 28.7 Å². The second-order valence-corrected chi connectivity index (χ2v) is 37.6. The maximum absolute atomic E-state index is 15.3. The average Bonchev–Trinajstić information content (AvgIpc) is 0.778. The number of imidazole rings is 1. The highest BCUT2D eigenvalue weighted by Gasteiger charge is 2.50. The van der Waals surface area contributed by atoms with Gasteiger partial charge in [-0.1, -0.05) is 113 Å². The zero-order chi connectivity index (χ0) is 107. The quantitative estimate of drug-likeness (QED) is 0.00611. The molecule has 48 nitrogen and oxygen atoms in total. The number of hydrogen-bond acceptors (Lipinski definition) is 31. The third-order valence-corrected chi connectivity index (χ3v) is 24.8. The second kappa shape index (κ2) is 53.0. The lowest BCUT2D eigenvalue weighted by atomic mass is 9.72. The summed E-state index contributed by atoms with van der Waals surface area (Å²) in [6, 6.07) is 5.08. The minimum atomic E-state index is -2.22. The first-order chi connectivity index (χ1) is 69.1. The molecule has 792 valence electrons. The van der Waals surface area contributed by atoms with E-state index in [1.54, 1.807) is 71.9 Å². The molecule has 2 aliphatic carbocycles. The number of phenols is 4. The van der Waals surface area contributed by atoms with Gasteiger partial charge in [0, 0.05) is 92.7 Å². The number of nitrogens with zero attached hydrogens (tertiary/aromatic N) is 2. The molecule has 1 aromatic heterocycles. The number of carbonyl (C=O) groups excluding carboxylic acids is 14. The maximum Gasteiger partial charge on any atom is 0.261 e. The summed E-state index contributed by atoms with van der Waals surface area (Å²) in [4.78, 5) is 216. The summed E-state index contributed by atoms with van der Waals surface area (Å²) in [5.74, 6) is -18.2. The number of nitrogens with one attached hydrogen (secondary N) is 16. The summed E-state index contributed by atoms with van der Waals surface area (Å²) >= 11 is 0. The zero-order valence-electron chi connectivity index (χ0n) is 82.6. The molecule has 9 rings (SSSR count). The van der Waals surface area contributed by atoms with Crippen molar-refractivity contribution in [1.82, 2.24) is 79.1 Å². The number of amides is 12. The van der Waals surface area contributed by atoms with E-state index in [0.29, 0.717) is 22.4 Å². The number of carbonyl (C=O) groups is 14. The minimum absolute atomic E-state index is 0.00655. The van der Waals surface area contributed by atoms with E-state index in [9.17, 15) is 79.2 Å². The van der Waals surface area contributed by atoms with Crippen LogP contribution >= 0.6 is 0 Å². The molecular weight excluding hydrogens is 1900 g/mol. The molecule has 1 fully saturated rings. The number of aromatic nitrogens is 2. The molecule has 0 unspecified atom stereocenters. The number of oxime groups is 1. The minimum Gasteiger partial charge on any atom is -0.508 e. The maximum atomic E-state index is 15.3. The van der Waals surface area contributed by atoms with Gasteiger partial charge in [-0.3, -0.25) is 77.9 Å². The van der Waals surface area contributed by atoms with Crippen LogP contribution in [0.4, 0.5) is 0 Å². The van der Waals surface area contributed by atoms with Gasteiger partial charge in [0.15, 0.2) is 30.6 Å². The summed E-state index contributed by atoms with van der Waals surface area (Å²) in [6.45, 7) is 12.0. The Bertz CT molecular complexity index is 5660. The molecule has 12 amide bonds. The SMILES string of the molecule is COc1cccc2c1C(=O)c1c(O)c3c(c(O)c1C2=O)C[C@@](O)(/C(C)=N/OCC(=O)N[C@@H](CC(C)C)C(=O)N[C@@H](CCCNC(=N)N)C(=O)N[C@@H](CCCNC(=N)N)C(=O)N[C@@H](Cc1ccc(O)cc1)C(=O)N[C@H](C(=O)N[C@@H](Cc1cnc[nH]1)C(=O)N[C@@H](CC(C)C)C(=O)N[C@@H](Cc1ccccc1)C(=O)N[C@@H](Cc1ccc(O)cc1)C(=O)N[C@@H](CO)C(=O)N[C@H](C(N)=O)[C@@H](C)O)C(C)C)C[C@@H]3O[C@H]1C[C@H](N)[C@H](O)[C@H](C)O1. The number of benzene rings is 5. The fourth-order valence-electron chi connectivity index (χ4n) is 17.0. The van der Waals surface area contributed by atoms with Crippen molar-refractivity contribution in [3.8, 4) is 28.7 Å². The molecule has 5 aromatic carbocycles. The van der Waals surface area contributed by atoms with Crippen LogP contribution in [0.25, 0.3) is 0 Å². The van der Waals surface area contributed by atoms with Gasteiger partial charge in [0.25, 0.3) is 5.91 Å². The van der Waals surface area contributed by atoms with Gasteiger partial charge < -0.3 is 157 Å². The Morgan fingerprint density at radius 3 is 1.49 bits per heavy atom. The van der Waals surface area contributed by atoms with E-state index in [2.05, 4.69) is 84.2 Å². The van der Waals surface area contributed by atoms with Crippen molar-refractivity contribution in [2.45, 2.75) is 255 Å². The number of aromatic amines is 1. The van der Waals surface area contributed by atoms with Crippen LogP contribution in [-0.2, 0) is 104 Å². The highest BCUT2D eigenvalue weighted by Crippen LogP contribution is 2.53. The number of primary amides is 1. The molecule has 2 heterocycles. The van der Waals surface area contributed by atoms with Gasteiger partial charge in [-0.05, 0) is 124 Å². The average molecular weight is 2040 g/mol. The van der Waals surface area contributed by atoms with E-state index < -0.39 is 258 Å². The van der Waals surface area contributed by atoms with Crippen molar-refractivity contribution < 1.29 is 127 Å². The summed E-state index contributed by atoms with van der Waals surface area (Å²) in [5.41, 5.74) is 20.0. The molecule has 0 saturated carbocycles. The molecule has 48 heteroatoms. The number of ketones is 2. The van der Waals surface area contributed by atoms with Crippen LogP contribution in [0.1, 0.15) is 185 Å². The Labute approximate surface area is 841 Å². The number of guanidine groups is 2. The molecule has 3 aliphatic rings. The van der Waals surface area contributed by atoms with Crippen LogP contribution in [-0.4, -0.2) is 287 Å². The Hall–Kier alpha value is -15.0. The molecule has 32 N–H and O–H groups in total. The predicted octanol–water partition coefficient (Wildman–Crippen LogP) is -2.60. The van der Waals surface area contributed by atoms with E-state index in [-0.39, 0.29) is 141 Å². The first-order valence-electron chi connectivity index (χ1n) is 47.7. The number of methoxy groups -OCH3 is 1. The van der Waals surface area contributed by atoms with Gasteiger partial charge in [0.05, 0.1) is 66.9 Å². The molecule has 0 radical (unpaired) electrons. The number of phenolic OH excluding ortho intramolecular Hbond substituents is 4. The Morgan fingerprint density at radius 1 is 0.562 bits per heavy atom. The van der Waals surface area contributed by atoms with Gasteiger partial charge in [-0.25, -0.2) is 4.98 Å². The van der Waals surface area contributed by atoms with E-state index >= 15 is 28.8 Å². The van der Waals surface area contributed by atoms with Crippen LogP contribution in [0, 0.1) is 28.6 Å². The number of fused-ring (bicyclic) bond motifs is 3. The van der Waals surface area contributed by atoms with Crippen LogP contribution in [0.15, 0.2) is 115 Å². The van der Waals surface area contributed by atoms with Crippen molar-refractivity contribution in [2.24, 2.45) is 45.8 Å². The lowest BCUT2D eigenvalue weighted by Gasteiger charge is -2.42. The van der Waals surface area contributed by atoms with Gasteiger partial charge in [-0.2, -0.15) is 0 Å². The van der Waals surface area contributed by atoms with Gasteiger partial charge in [0.1, 0.15) is 101 Å². The lowest BCUT2D eigenvalue weighted by molar-refractivity contribution is -0.245. The fraction of sp³-hybridized carbons (Fsp3) is 0.490. The number of aromatic hydroxyl groups is 4.